The number of nitriles is 1. The summed E-state index contributed by atoms with van der Waals surface area (Å²) in [4.78, 5) is 10.4. The van der Waals surface area contributed by atoms with E-state index >= 15 is 0 Å². The minimum atomic E-state index is -1.16. The number of halogens is 1. The third kappa shape index (κ3) is 4.12. The van der Waals surface area contributed by atoms with Crippen LogP contribution in [0.25, 0.3) is 6.08 Å². The summed E-state index contributed by atoms with van der Waals surface area (Å²) in [5, 5.41) is 29.8. The van der Waals surface area contributed by atoms with E-state index in [-0.39, 0.29) is 29.5 Å². The number of nitrogens with zero attached hydrogens (tertiary/aromatic N) is 1. The molecule has 0 heterocycles. The van der Waals surface area contributed by atoms with Gasteiger partial charge >= 0.3 is 6.09 Å². The van der Waals surface area contributed by atoms with Gasteiger partial charge in [0, 0.05) is 11.1 Å². The van der Waals surface area contributed by atoms with Crippen LogP contribution in [-0.4, -0.2) is 29.5 Å². The maximum Gasteiger partial charge on any atom is 0.404 e. The summed E-state index contributed by atoms with van der Waals surface area (Å²) < 4.78 is 5.50. The van der Waals surface area contributed by atoms with E-state index in [2.05, 4.69) is 11.9 Å². The number of carbonyl (C=O) groups is 1. The molecule has 1 unspecified atom stereocenters. The first-order valence-electron chi connectivity index (χ1n) is 6.09. The van der Waals surface area contributed by atoms with E-state index < -0.39 is 12.2 Å². The molecule has 1 amide bonds. The van der Waals surface area contributed by atoms with Gasteiger partial charge in [-0.1, -0.05) is 24.3 Å². The van der Waals surface area contributed by atoms with Gasteiger partial charge in [-0.05, 0) is 13.0 Å². The van der Waals surface area contributed by atoms with Crippen LogP contribution >= 0.6 is 11.6 Å². The second-order valence-corrected chi connectivity index (χ2v) is 4.54. The molecule has 6 nitrogen and oxygen atoms in total. The van der Waals surface area contributed by atoms with E-state index in [1.807, 2.05) is 6.07 Å². The van der Waals surface area contributed by atoms with Crippen LogP contribution in [0, 0.1) is 11.3 Å². The number of carboxylic acid groups (broad SMARTS) is 1. The number of amides is 1. The van der Waals surface area contributed by atoms with E-state index in [9.17, 15) is 9.90 Å². The number of aliphatic hydroxyl groups is 1. The van der Waals surface area contributed by atoms with Crippen LogP contribution in [0.3, 0.4) is 0 Å². The molecule has 0 aromatic heterocycles. The molecule has 21 heavy (non-hydrogen) atoms. The number of rotatable bonds is 6. The van der Waals surface area contributed by atoms with Gasteiger partial charge in [0.1, 0.15) is 18.4 Å². The van der Waals surface area contributed by atoms with Crippen LogP contribution in [0.5, 0.6) is 5.75 Å². The third-order valence-electron chi connectivity index (χ3n) is 2.69. The average Bonchev–Trinajstić information content (AvgIpc) is 2.42. The summed E-state index contributed by atoms with van der Waals surface area (Å²) in [6.45, 7) is 5.26. The second kappa shape index (κ2) is 7.53. The number of hydrogen-bond acceptors (Lipinski definition) is 4. The molecule has 0 bridgehead atoms. The molecule has 0 aliphatic rings. The van der Waals surface area contributed by atoms with Crippen molar-refractivity contribution in [1.29, 1.82) is 5.26 Å². The molecule has 0 spiro atoms. The Labute approximate surface area is 127 Å². The predicted molar refractivity (Wildman–Crippen MR) is 78.4 cm³/mol. The molecule has 1 atom stereocenters. The molecule has 1 aromatic carbocycles. The molecule has 0 saturated carbocycles. The first-order valence-corrected chi connectivity index (χ1v) is 6.46. The molecule has 3 N–H and O–H groups in total. The lowest BCUT2D eigenvalue weighted by atomic mass is 9.99. The standard InChI is InChI=1S/C14H15ClN2O4/c1-3-9-11(7-16)12(15)6-10(8(2)18)13(9)21-5-4-17-14(19)20/h3,6,8,17-18H,1,4-5H2,2H3,(H,19,20). The number of nitrogens with one attached hydrogen (secondary N) is 1. The predicted octanol–water partition coefficient (Wildman–Crippen LogP) is 2.55. The second-order valence-electron chi connectivity index (χ2n) is 4.14. The Morgan fingerprint density at radius 2 is 2.38 bits per heavy atom. The van der Waals surface area contributed by atoms with Crippen molar-refractivity contribution >= 4 is 23.8 Å². The summed E-state index contributed by atoms with van der Waals surface area (Å²) in [5.41, 5.74) is 0.970. The monoisotopic (exact) mass is 310 g/mol. The highest BCUT2D eigenvalue weighted by molar-refractivity contribution is 6.32. The van der Waals surface area contributed by atoms with E-state index in [1.165, 1.54) is 19.1 Å². The van der Waals surface area contributed by atoms with E-state index in [1.54, 1.807) is 0 Å². The molecule has 1 rings (SSSR count). The van der Waals surface area contributed by atoms with Crippen LogP contribution in [0.1, 0.15) is 29.7 Å². The molecular formula is C14H15ClN2O4. The first kappa shape index (κ1) is 16.8. The average molecular weight is 311 g/mol. The van der Waals surface area contributed by atoms with Crippen molar-refractivity contribution in [3.8, 4) is 11.8 Å². The van der Waals surface area contributed by atoms with Crippen molar-refractivity contribution in [2.75, 3.05) is 13.2 Å². The SMILES string of the molecule is C=Cc1c(C#N)c(Cl)cc(C(C)O)c1OCCNC(=O)O. The van der Waals surface area contributed by atoms with Crippen LogP contribution in [0.2, 0.25) is 5.02 Å². The van der Waals surface area contributed by atoms with Gasteiger partial charge in [0.15, 0.2) is 0 Å². The zero-order valence-electron chi connectivity index (χ0n) is 11.4. The Bertz CT molecular complexity index is 594. The summed E-state index contributed by atoms with van der Waals surface area (Å²) in [6.07, 6.45) is -0.612. The Morgan fingerprint density at radius 3 is 2.86 bits per heavy atom. The minimum Gasteiger partial charge on any atom is -0.491 e. The van der Waals surface area contributed by atoms with Crippen LogP contribution in [0.15, 0.2) is 12.6 Å². The van der Waals surface area contributed by atoms with Crippen LogP contribution in [-0.2, 0) is 0 Å². The van der Waals surface area contributed by atoms with Crippen molar-refractivity contribution in [1.82, 2.24) is 5.32 Å². The van der Waals surface area contributed by atoms with Crippen molar-refractivity contribution in [3.05, 3.63) is 34.4 Å². The van der Waals surface area contributed by atoms with Crippen molar-refractivity contribution in [2.24, 2.45) is 0 Å². The molecule has 0 radical (unpaired) electrons. The Morgan fingerprint density at radius 1 is 1.71 bits per heavy atom. The summed E-state index contributed by atoms with van der Waals surface area (Å²) >= 11 is 6.01. The van der Waals surface area contributed by atoms with Crippen LogP contribution < -0.4 is 10.1 Å². The number of ether oxygens (including phenoxy) is 1. The molecule has 7 heteroatoms. The highest BCUT2D eigenvalue weighted by Gasteiger charge is 2.19. The summed E-state index contributed by atoms with van der Waals surface area (Å²) in [7, 11) is 0. The highest BCUT2D eigenvalue weighted by atomic mass is 35.5. The molecule has 0 saturated heterocycles. The Balaban J connectivity index is 3.17. The van der Waals surface area contributed by atoms with Gasteiger partial charge in [0.05, 0.1) is 23.2 Å². The van der Waals surface area contributed by atoms with Gasteiger partial charge < -0.3 is 20.3 Å². The van der Waals surface area contributed by atoms with Gasteiger partial charge in [-0.25, -0.2) is 4.79 Å². The lowest BCUT2D eigenvalue weighted by molar-refractivity contribution is 0.185. The topological polar surface area (TPSA) is 103 Å². The Kier molecular flexibility index (Phi) is 6.03. The summed E-state index contributed by atoms with van der Waals surface area (Å²) in [5.74, 6) is 0.271. The minimum absolute atomic E-state index is 0.0410. The molecule has 0 fully saturated rings. The summed E-state index contributed by atoms with van der Waals surface area (Å²) in [6, 6.07) is 3.41. The molecule has 0 aliphatic heterocycles. The zero-order chi connectivity index (χ0) is 16.0. The lowest BCUT2D eigenvalue weighted by Gasteiger charge is -2.18. The number of benzene rings is 1. The van der Waals surface area contributed by atoms with Gasteiger partial charge in [-0.2, -0.15) is 5.26 Å². The number of aliphatic hydroxyl groups excluding tert-OH is 1. The third-order valence-corrected chi connectivity index (χ3v) is 2.99. The lowest BCUT2D eigenvalue weighted by Crippen LogP contribution is -2.26. The van der Waals surface area contributed by atoms with E-state index in [0.717, 1.165) is 0 Å². The quantitative estimate of drug-likeness (QED) is 0.701. The normalized spacial score (nSPS) is 11.3. The molecular weight excluding hydrogens is 296 g/mol. The zero-order valence-corrected chi connectivity index (χ0v) is 12.1. The van der Waals surface area contributed by atoms with E-state index in [4.69, 9.17) is 26.7 Å². The molecule has 1 aromatic rings. The van der Waals surface area contributed by atoms with Gasteiger partial charge in [0.25, 0.3) is 0 Å². The fourth-order valence-electron chi connectivity index (χ4n) is 1.76. The number of hydrogen-bond donors (Lipinski definition) is 3. The maximum atomic E-state index is 10.4. The fraction of sp³-hybridized carbons (Fsp3) is 0.286. The molecule has 0 aliphatic carbocycles. The molecule has 112 valence electrons. The van der Waals surface area contributed by atoms with Crippen molar-refractivity contribution in [3.63, 3.8) is 0 Å². The van der Waals surface area contributed by atoms with E-state index in [0.29, 0.717) is 11.1 Å². The van der Waals surface area contributed by atoms with Gasteiger partial charge in [0.2, 0.25) is 0 Å². The first-order chi connectivity index (χ1) is 9.92. The maximum absolute atomic E-state index is 10.4. The van der Waals surface area contributed by atoms with Crippen molar-refractivity contribution < 1.29 is 19.7 Å². The Hall–Kier alpha value is -2.23. The van der Waals surface area contributed by atoms with Gasteiger partial charge in [-0.15, -0.1) is 0 Å². The highest BCUT2D eigenvalue weighted by Crippen LogP contribution is 2.36. The van der Waals surface area contributed by atoms with Gasteiger partial charge in [-0.3, -0.25) is 0 Å². The smallest absolute Gasteiger partial charge is 0.404 e. The fourth-order valence-corrected chi connectivity index (χ4v) is 2.02. The largest absolute Gasteiger partial charge is 0.491 e. The van der Waals surface area contributed by atoms with Crippen LogP contribution in [0.4, 0.5) is 4.79 Å². The van der Waals surface area contributed by atoms with Crippen molar-refractivity contribution in [2.45, 2.75) is 13.0 Å².